The van der Waals surface area contributed by atoms with Gasteiger partial charge in [0.1, 0.15) is 5.82 Å². The maximum atomic E-state index is 11.4. The van der Waals surface area contributed by atoms with Crippen LogP contribution < -0.4 is 5.32 Å². The lowest BCUT2D eigenvalue weighted by atomic mass is 9.87. The standard InChI is InChI=1S/C24H26ClN3O2S.C10H13Cl/c25-19-9-6-16(7-10-19)18(14-23(29)30)13-21-15-31-22(27-21)5-1-4-20-11-8-17-3-2-12-26-24(17)28-20;1-10(2,3)8-4-6-9(11)7-5-8/h6-11,15,18H,1-5,12-14H2,(H,26,28)(H,29,30);4-7H,1-3H3. The fourth-order valence-electron chi connectivity index (χ4n) is 4.94. The summed E-state index contributed by atoms with van der Waals surface area (Å²) in [6.45, 7) is 7.58. The first-order valence-electron chi connectivity index (χ1n) is 14.5. The van der Waals surface area contributed by atoms with E-state index >= 15 is 0 Å². The Morgan fingerprint density at radius 1 is 0.952 bits per heavy atom. The number of carbonyl (C=O) groups is 1. The Kier molecular flexibility index (Phi) is 11.4. The van der Waals surface area contributed by atoms with Gasteiger partial charge >= 0.3 is 5.97 Å². The van der Waals surface area contributed by atoms with Gasteiger partial charge in [0.05, 0.1) is 17.1 Å². The van der Waals surface area contributed by atoms with Crippen LogP contribution in [0.1, 0.15) is 79.0 Å². The molecule has 0 bridgehead atoms. The Balaban J connectivity index is 0.000000310. The van der Waals surface area contributed by atoms with Crippen molar-refractivity contribution in [3.63, 3.8) is 0 Å². The number of carboxylic acids is 1. The molecule has 2 N–H and O–H groups in total. The lowest BCUT2D eigenvalue weighted by Gasteiger charge is -2.18. The minimum absolute atomic E-state index is 0.0759. The molecule has 222 valence electrons. The fourth-order valence-corrected chi connectivity index (χ4v) is 6.05. The number of nitrogens with one attached hydrogen (secondary N) is 1. The maximum Gasteiger partial charge on any atom is 0.303 e. The fraction of sp³-hybridized carbons (Fsp3) is 0.382. The number of nitrogens with zero attached hydrogens (tertiary/aromatic N) is 2. The van der Waals surface area contributed by atoms with Gasteiger partial charge in [-0.25, -0.2) is 9.97 Å². The zero-order valence-electron chi connectivity index (χ0n) is 24.5. The molecule has 2 aromatic heterocycles. The van der Waals surface area contributed by atoms with Crippen LogP contribution >= 0.6 is 34.5 Å². The van der Waals surface area contributed by atoms with Crippen molar-refractivity contribution in [3.8, 4) is 0 Å². The van der Waals surface area contributed by atoms with E-state index in [0.29, 0.717) is 11.4 Å². The monoisotopic (exact) mass is 623 g/mol. The summed E-state index contributed by atoms with van der Waals surface area (Å²) in [6.07, 6.45) is 5.79. The normalized spacial score (nSPS) is 13.4. The smallest absolute Gasteiger partial charge is 0.303 e. The molecule has 4 aromatic rings. The van der Waals surface area contributed by atoms with Crippen LogP contribution in [0.3, 0.4) is 0 Å². The third-order valence-corrected chi connectivity index (χ3v) is 8.76. The Hall–Kier alpha value is -2.93. The van der Waals surface area contributed by atoms with E-state index in [4.69, 9.17) is 33.2 Å². The van der Waals surface area contributed by atoms with Gasteiger partial charge in [0.15, 0.2) is 0 Å². The number of carboxylic acid groups (broad SMARTS) is 1. The molecule has 5 nitrogen and oxygen atoms in total. The molecule has 0 saturated heterocycles. The van der Waals surface area contributed by atoms with Gasteiger partial charge in [0.25, 0.3) is 0 Å². The Morgan fingerprint density at radius 2 is 1.64 bits per heavy atom. The molecule has 0 fully saturated rings. The van der Waals surface area contributed by atoms with Gasteiger partial charge < -0.3 is 10.4 Å². The third-order valence-electron chi connectivity index (χ3n) is 7.30. The van der Waals surface area contributed by atoms with Crippen LogP contribution in [0.2, 0.25) is 10.0 Å². The third kappa shape index (κ3) is 9.82. The van der Waals surface area contributed by atoms with E-state index in [-0.39, 0.29) is 17.8 Å². The number of aromatic nitrogens is 2. The summed E-state index contributed by atoms with van der Waals surface area (Å²) in [6, 6.07) is 19.8. The topological polar surface area (TPSA) is 75.1 Å². The number of fused-ring (bicyclic) bond motifs is 1. The lowest BCUT2D eigenvalue weighted by molar-refractivity contribution is -0.137. The van der Waals surface area contributed by atoms with Crippen LogP contribution in [0.5, 0.6) is 0 Å². The van der Waals surface area contributed by atoms with Gasteiger partial charge in [-0.3, -0.25) is 4.79 Å². The van der Waals surface area contributed by atoms with Crippen LogP contribution in [0.4, 0.5) is 5.82 Å². The van der Waals surface area contributed by atoms with Crippen molar-refractivity contribution in [2.75, 3.05) is 11.9 Å². The van der Waals surface area contributed by atoms with Crippen LogP contribution in [0, 0.1) is 0 Å². The van der Waals surface area contributed by atoms with E-state index in [2.05, 4.69) is 55.7 Å². The second-order valence-corrected chi connectivity index (χ2v) is 13.5. The highest BCUT2D eigenvalue weighted by molar-refractivity contribution is 7.09. The first-order chi connectivity index (χ1) is 20.1. The van der Waals surface area contributed by atoms with Gasteiger partial charge in [-0.05, 0) is 96.9 Å². The highest BCUT2D eigenvalue weighted by Gasteiger charge is 2.18. The molecule has 5 rings (SSSR count). The highest BCUT2D eigenvalue weighted by atomic mass is 35.5. The Labute approximate surface area is 263 Å². The number of thiazole rings is 1. The number of aliphatic carboxylic acids is 1. The number of aryl methyl sites for hydroxylation is 3. The van der Waals surface area contributed by atoms with Crippen molar-refractivity contribution in [1.82, 2.24) is 9.97 Å². The molecule has 0 aliphatic carbocycles. The molecule has 1 aliphatic heterocycles. The molecule has 0 radical (unpaired) electrons. The SMILES string of the molecule is CC(C)(C)c1ccc(Cl)cc1.O=C(O)CC(Cc1csc(CCCc2ccc3c(n2)NCCC3)n1)c1ccc(Cl)cc1. The zero-order valence-corrected chi connectivity index (χ0v) is 26.8. The number of hydrogen-bond donors (Lipinski definition) is 2. The average Bonchev–Trinajstić information content (AvgIpc) is 3.40. The van der Waals surface area contributed by atoms with Gasteiger partial charge in [-0.15, -0.1) is 11.3 Å². The minimum atomic E-state index is -0.803. The first kappa shape index (κ1) is 32.0. The molecule has 0 saturated carbocycles. The van der Waals surface area contributed by atoms with Crippen molar-refractivity contribution in [2.45, 2.75) is 77.0 Å². The van der Waals surface area contributed by atoms with E-state index in [9.17, 15) is 9.90 Å². The summed E-state index contributed by atoms with van der Waals surface area (Å²) in [4.78, 5) is 20.9. The predicted molar refractivity (Wildman–Crippen MR) is 175 cm³/mol. The van der Waals surface area contributed by atoms with Gasteiger partial charge in [-0.1, -0.05) is 74.3 Å². The molecule has 1 aliphatic rings. The highest BCUT2D eigenvalue weighted by Crippen LogP contribution is 2.27. The Morgan fingerprint density at radius 3 is 2.31 bits per heavy atom. The van der Waals surface area contributed by atoms with Crippen LogP contribution in [-0.2, 0) is 35.9 Å². The molecule has 42 heavy (non-hydrogen) atoms. The van der Waals surface area contributed by atoms with Crippen LogP contribution in [0.15, 0.2) is 66.0 Å². The summed E-state index contributed by atoms with van der Waals surface area (Å²) in [7, 11) is 0. The zero-order chi connectivity index (χ0) is 30.1. The van der Waals surface area contributed by atoms with E-state index in [1.807, 2.05) is 36.4 Å². The molecule has 3 heterocycles. The molecular weight excluding hydrogens is 585 g/mol. The van der Waals surface area contributed by atoms with Crippen LogP contribution in [-0.4, -0.2) is 27.6 Å². The van der Waals surface area contributed by atoms with E-state index < -0.39 is 5.97 Å². The number of benzene rings is 2. The van der Waals surface area contributed by atoms with Crippen molar-refractivity contribution in [3.05, 3.63) is 109 Å². The lowest BCUT2D eigenvalue weighted by Crippen LogP contribution is -2.14. The quantitative estimate of drug-likeness (QED) is 0.194. The second-order valence-electron chi connectivity index (χ2n) is 11.7. The number of halogens is 2. The van der Waals surface area contributed by atoms with Crippen molar-refractivity contribution < 1.29 is 9.90 Å². The van der Waals surface area contributed by atoms with Gasteiger partial charge in [-0.2, -0.15) is 0 Å². The van der Waals surface area contributed by atoms with Gasteiger partial charge in [0, 0.05) is 27.7 Å². The van der Waals surface area contributed by atoms with E-state index in [0.717, 1.165) is 65.0 Å². The summed E-state index contributed by atoms with van der Waals surface area (Å²) in [5.41, 5.74) is 5.92. The summed E-state index contributed by atoms with van der Waals surface area (Å²) < 4.78 is 0. The second kappa shape index (κ2) is 15.0. The number of hydrogen-bond acceptors (Lipinski definition) is 5. The molecule has 2 aromatic carbocycles. The summed E-state index contributed by atoms with van der Waals surface area (Å²) >= 11 is 13.4. The van der Waals surface area contributed by atoms with Crippen molar-refractivity contribution in [2.24, 2.45) is 0 Å². The van der Waals surface area contributed by atoms with E-state index in [1.54, 1.807) is 11.3 Å². The number of pyridine rings is 1. The van der Waals surface area contributed by atoms with Crippen molar-refractivity contribution in [1.29, 1.82) is 0 Å². The molecule has 1 atom stereocenters. The molecular formula is C34H39Cl2N3O2S. The summed E-state index contributed by atoms with van der Waals surface area (Å²) in [5.74, 6) is 0.131. The summed E-state index contributed by atoms with van der Waals surface area (Å²) in [5, 5.41) is 17.3. The van der Waals surface area contributed by atoms with Crippen molar-refractivity contribution >= 4 is 46.3 Å². The molecule has 0 amide bonds. The molecule has 1 unspecified atom stereocenters. The van der Waals surface area contributed by atoms with Crippen LogP contribution in [0.25, 0.3) is 0 Å². The minimum Gasteiger partial charge on any atom is -0.481 e. The molecule has 8 heteroatoms. The maximum absolute atomic E-state index is 11.4. The molecule has 0 spiro atoms. The van der Waals surface area contributed by atoms with E-state index in [1.165, 1.54) is 17.5 Å². The largest absolute Gasteiger partial charge is 0.481 e. The Bertz CT molecular complexity index is 1450. The van der Waals surface area contributed by atoms with Gasteiger partial charge in [0.2, 0.25) is 0 Å². The average molecular weight is 625 g/mol. The predicted octanol–water partition coefficient (Wildman–Crippen LogP) is 9.16. The number of rotatable bonds is 9. The number of anilines is 1. The first-order valence-corrected chi connectivity index (χ1v) is 16.1.